The van der Waals surface area contributed by atoms with E-state index >= 15 is 0 Å². The zero-order chi connectivity index (χ0) is 10.6. The van der Waals surface area contributed by atoms with Gasteiger partial charge in [-0.1, -0.05) is 11.8 Å². The first-order chi connectivity index (χ1) is 6.63. The van der Waals surface area contributed by atoms with Crippen LogP contribution in [-0.4, -0.2) is 17.3 Å². The highest BCUT2D eigenvalue weighted by Gasteiger charge is 2.04. The van der Waals surface area contributed by atoms with Crippen LogP contribution in [0.5, 0.6) is 5.75 Å². The van der Waals surface area contributed by atoms with Gasteiger partial charge in [0.2, 0.25) is 5.12 Å². The number of hydrogen-bond donors (Lipinski definition) is 0. The van der Waals surface area contributed by atoms with E-state index < -0.39 is 0 Å². The fourth-order valence-corrected chi connectivity index (χ4v) is 1.31. The number of hydrogen-bond acceptors (Lipinski definition) is 4. The van der Waals surface area contributed by atoms with E-state index in [0.29, 0.717) is 11.3 Å². The van der Waals surface area contributed by atoms with Crippen LogP contribution in [0.25, 0.3) is 0 Å². The molecule has 74 valence electrons. The van der Waals surface area contributed by atoms with Gasteiger partial charge in [-0.25, -0.2) is 0 Å². The van der Waals surface area contributed by atoms with E-state index in [1.807, 2.05) is 0 Å². The van der Waals surface area contributed by atoms with Gasteiger partial charge in [-0.15, -0.1) is 0 Å². The molecule has 0 N–H and O–H groups in total. The van der Waals surface area contributed by atoms with Crippen LogP contribution in [0.1, 0.15) is 17.3 Å². The van der Waals surface area contributed by atoms with E-state index in [9.17, 15) is 9.59 Å². The molecular weight excluding hydrogens is 200 g/mol. The second kappa shape index (κ2) is 4.81. The number of esters is 1. The van der Waals surface area contributed by atoms with Crippen LogP contribution in [0.2, 0.25) is 0 Å². The molecule has 0 bridgehead atoms. The normalized spacial score (nSPS) is 9.57. The topological polar surface area (TPSA) is 43.4 Å². The summed E-state index contributed by atoms with van der Waals surface area (Å²) in [7, 11) is 0. The van der Waals surface area contributed by atoms with Crippen molar-refractivity contribution >= 4 is 22.8 Å². The smallest absolute Gasteiger partial charge is 0.308 e. The van der Waals surface area contributed by atoms with Gasteiger partial charge >= 0.3 is 5.97 Å². The van der Waals surface area contributed by atoms with Gasteiger partial charge in [0.05, 0.1) is 0 Å². The maximum absolute atomic E-state index is 11.2. The molecule has 0 amide bonds. The first-order valence-electron chi connectivity index (χ1n) is 4.00. The quantitative estimate of drug-likeness (QED) is 0.554. The summed E-state index contributed by atoms with van der Waals surface area (Å²) in [6.07, 6.45) is 1.72. The summed E-state index contributed by atoms with van der Waals surface area (Å²) in [5.41, 5.74) is 0.605. The Balaban J connectivity index is 2.78. The molecule has 0 unspecified atom stereocenters. The van der Waals surface area contributed by atoms with Crippen molar-refractivity contribution < 1.29 is 14.3 Å². The van der Waals surface area contributed by atoms with Crippen molar-refractivity contribution in [3.8, 4) is 5.75 Å². The molecule has 0 fully saturated rings. The Morgan fingerprint density at radius 1 is 1.21 bits per heavy atom. The molecule has 0 saturated carbocycles. The van der Waals surface area contributed by atoms with Gasteiger partial charge < -0.3 is 4.74 Å². The summed E-state index contributed by atoms with van der Waals surface area (Å²) in [5, 5.41) is -0.000579. The van der Waals surface area contributed by atoms with Crippen molar-refractivity contribution in [2.45, 2.75) is 6.92 Å². The SMILES string of the molecule is CSC(=O)c1ccc(OC(C)=O)cc1. The molecule has 0 heterocycles. The summed E-state index contributed by atoms with van der Waals surface area (Å²) in [6, 6.07) is 6.48. The Morgan fingerprint density at radius 3 is 2.21 bits per heavy atom. The lowest BCUT2D eigenvalue weighted by Crippen LogP contribution is -2.01. The van der Waals surface area contributed by atoms with E-state index in [1.54, 1.807) is 30.5 Å². The van der Waals surface area contributed by atoms with Gasteiger partial charge in [0.15, 0.2) is 0 Å². The van der Waals surface area contributed by atoms with Gasteiger partial charge in [0, 0.05) is 12.5 Å². The Bertz CT molecular complexity index is 343. The average molecular weight is 210 g/mol. The zero-order valence-corrected chi connectivity index (χ0v) is 8.76. The molecule has 0 aliphatic carbocycles. The molecule has 1 rings (SSSR count). The van der Waals surface area contributed by atoms with Gasteiger partial charge in [-0.2, -0.15) is 0 Å². The number of benzene rings is 1. The summed E-state index contributed by atoms with van der Waals surface area (Å²) in [4.78, 5) is 21.8. The van der Waals surface area contributed by atoms with Crippen molar-refractivity contribution in [2.24, 2.45) is 0 Å². The monoisotopic (exact) mass is 210 g/mol. The van der Waals surface area contributed by atoms with Crippen LogP contribution in [-0.2, 0) is 4.79 Å². The fourth-order valence-electron chi connectivity index (χ4n) is 0.943. The van der Waals surface area contributed by atoms with Crippen molar-refractivity contribution in [1.29, 1.82) is 0 Å². The molecule has 1 aromatic carbocycles. The first kappa shape index (κ1) is 10.8. The molecule has 0 aromatic heterocycles. The second-order valence-corrected chi connectivity index (χ2v) is 3.39. The average Bonchev–Trinajstić information content (AvgIpc) is 2.17. The molecule has 3 nitrogen and oxygen atoms in total. The van der Waals surface area contributed by atoms with Crippen LogP contribution in [0.15, 0.2) is 24.3 Å². The lowest BCUT2D eigenvalue weighted by Gasteiger charge is -2.01. The molecule has 0 radical (unpaired) electrons. The minimum absolute atomic E-state index is 0.000579. The minimum atomic E-state index is -0.367. The third-order valence-corrected chi connectivity index (χ3v) is 2.14. The highest BCUT2D eigenvalue weighted by atomic mass is 32.2. The predicted octanol–water partition coefficient (Wildman–Crippen LogP) is 2.12. The van der Waals surface area contributed by atoms with Crippen molar-refractivity contribution in [3.05, 3.63) is 29.8 Å². The third-order valence-electron chi connectivity index (χ3n) is 1.54. The van der Waals surface area contributed by atoms with E-state index in [4.69, 9.17) is 4.74 Å². The van der Waals surface area contributed by atoms with Crippen LogP contribution >= 0.6 is 11.8 Å². The van der Waals surface area contributed by atoms with Gasteiger partial charge in [0.1, 0.15) is 5.75 Å². The number of carbonyl (C=O) groups is 2. The number of thioether (sulfide) groups is 1. The van der Waals surface area contributed by atoms with E-state index in [1.165, 1.54) is 6.92 Å². The summed E-state index contributed by atoms with van der Waals surface area (Å²) in [6.45, 7) is 1.33. The molecule has 0 spiro atoms. The van der Waals surface area contributed by atoms with Gasteiger partial charge in [0.25, 0.3) is 0 Å². The largest absolute Gasteiger partial charge is 0.427 e. The van der Waals surface area contributed by atoms with Crippen molar-refractivity contribution in [3.63, 3.8) is 0 Å². The van der Waals surface area contributed by atoms with Gasteiger partial charge in [-0.3, -0.25) is 9.59 Å². The Kier molecular flexibility index (Phi) is 3.71. The Hall–Kier alpha value is -1.29. The standard InChI is InChI=1S/C10H10O3S/c1-7(11)13-9-5-3-8(4-6-9)10(12)14-2/h3-6H,1-2H3. The van der Waals surface area contributed by atoms with Crippen LogP contribution in [0.4, 0.5) is 0 Å². The molecule has 1 aromatic rings. The van der Waals surface area contributed by atoms with Crippen LogP contribution in [0.3, 0.4) is 0 Å². The van der Waals surface area contributed by atoms with Crippen LogP contribution in [0, 0.1) is 0 Å². The van der Waals surface area contributed by atoms with Crippen molar-refractivity contribution in [1.82, 2.24) is 0 Å². The first-order valence-corrected chi connectivity index (χ1v) is 5.22. The van der Waals surface area contributed by atoms with Gasteiger partial charge in [-0.05, 0) is 30.5 Å². The minimum Gasteiger partial charge on any atom is -0.427 e. The Labute approximate surface area is 86.5 Å². The van der Waals surface area contributed by atoms with E-state index in [0.717, 1.165) is 11.8 Å². The number of carbonyl (C=O) groups excluding carboxylic acids is 2. The summed E-state index contributed by atoms with van der Waals surface area (Å²) in [5.74, 6) is 0.0871. The summed E-state index contributed by atoms with van der Waals surface area (Å²) >= 11 is 1.15. The molecule has 4 heteroatoms. The third kappa shape index (κ3) is 2.88. The molecule has 0 aliphatic heterocycles. The molecule has 0 atom stereocenters. The van der Waals surface area contributed by atoms with E-state index in [2.05, 4.69) is 0 Å². The predicted molar refractivity (Wildman–Crippen MR) is 55.6 cm³/mol. The zero-order valence-electron chi connectivity index (χ0n) is 7.94. The molecule has 0 aliphatic rings. The maximum Gasteiger partial charge on any atom is 0.308 e. The van der Waals surface area contributed by atoms with E-state index in [-0.39, 0.29) is 11.1 Å². The summed E-state index contributed by atoms with van der Waals surface area (Å²) < 4.78 is 4.83. The Morgan fingerprint density at radius 2 is 1.79 bits per heavy atom. The number of rotatable bonds is 2. The highest BCUT2D eigenvalue weighted by molar-refractivity contribution is 8.13. The maximum atomic E-state index is 11.2. The number of ether oxygens (including phenoxy) is 1. The molecule has 14 heavy (non-hydrogen) atoms. The molecular formula is C10H10O3S. The van der Waals surface area contributed by atoms with Crippen molar-refractivity contribution in [2.75, 3.05) is 6.26 Å². The lowest BCUT2D eigenvalue weighted by molar-refractivity contribution is -0.131. The lowest BCUT2D eigenvalue weighted by atomic mass is 10.2. The molecule has 0 saturated heterocycles. The second-order valence-electron chi connectivity index (χ2n) is 2.61. The van der Waals surface area contributed by atoms with Crippen LogP contribution < -0.4 is 4.74 Å². The fraction of sp³-hybridized carbons (Fsp3) is 0.200. The highest BCUT2D eigenvalue weighted by Crippen LogP contribution is 2.15.